The first-order valence-corrected chi connectivity index (χ1v) is 31.9. The molecule has 6 saturated carbocycles. The lowest BCUT2D eigenvalue weighted by atomic mass is 9.47. The van der Waals surface area contributed by atoms with Gasteiger partial charge in [0.25, 0.3) is 0 Å². The minimum Gasteiger partial charge on any atom is -0.380 e. The van der Waals surface area contributed by atoms with E-state index in [9.17, 15) is 48.0 Å². The molecule has 0 N–H and O–H groups in total. The third-order valence-electron chi connectivity index (χ3n) is 24.0. The number of carbonyl (C=O) groups is 1. The van der Waals surface area contributed by atoms with Crippen LogP contribution in [0.4, 0.5) is 26.3 Å². The van der Waals surface area contributed by atoms with Crippen molar-refractivity contribution in [3.63, 3.8) is 0 Å². The van der Waals surface area contributed by atoms with E-state index in [1.807, 2.05) is 13.8 Å². The maximum atomic E-state index is 12.8. The lowest BCUT2D eigenvalue weighted by molar-refractivity contribution is -0.131. The van der Waals surface area contributed by atoms with Crippen molar-refractivity contribution in [1.29, 1.82) is 0 Å². The summed E-state index contributed by atoms with van der Waals surface area (Å²) in [6, 6.07) is 0. The van der Waals surface area contributed by atoms with Crippen LogP contribution in [-0.2, 0) is 33.4 Å². The summed E-state index contributed by atoms with van der Waals surface area (Å²) in [7, 11) is -11.2. The Bertz CT molecular complexity index is 2750. The van der Waals surface area contributed by atoms with Gasteiger partial charge in [-0.25, -0.2) is 0 Å². The molecule has 12 aliphatic carbocycles. The standard InChI is InChI=1S/C21H29F3O3S.C20H25F3O3S.C20H30O/c1-13-8-10-19(2)14(12-13)4-5-15-16-6-7-18(20(16,3)11-9-17(15)19)27-28(25,26)21(22,23)24;1-18-11-4-3-5-13(18)6-7-14-15-8-9-17(19(15,2)12-10-16(14)18)26-27(24,25)20(21,22)23;1-13-8-10-19(2)14(12-13)4-5-15-16-6-7-18(21)20(16,3)11-9-17(15)19/h4,7,13,15-17H,5-6,8-12H2,1-3H3;3,5-6,9,14-16H,4,7-8,10-12H2,1-2H3;4,13,15-17H,5-12H2,1-3H3/t13?,15?,16?,17?,19-,20-;14?,15?,16?,18-,19-;13?,15?,16?,17?,19-,20-/m000/s1. The van der Waals surface area contributed by atoms with Gasteiger partial charge in [0.2, 0.25) is 0 Å². The fourth-order valence-electron chi connectivity index (χ4n) is 19.4. The number of Topliss-reactive ketones (excluding diaryl/α,β-unsaturated/α-hetero) is 1. The van der Waals surface area contributed by atoms with E-state index in [1.165, 1.54) is 56.9 Å². The number of ketones is 1. The predicted octanol–water partition coefficient (Wildman–Crippen LogP) is 16.6. The van der Waals surface area contributed by atoms with E-state index >= 15 is 0 Å². The molecular formula is C61H84F6O7S2. The Morgan fingerprint density at radius 1 is 0.474 bits per heavy atom. The molecule has 0 aromatic carbocycles. The highest BCUT2D eigenvalue weighted by Crippen LogP contribution is 2.68. The first kappa shape index (κ1) is 56.5. The molecule has 424 valence electrons. The van der Waals surface area contributed by atoms with E-state index in [0.29, 0.717) is 72.4 Å². The van der Waals surface area contributed by atoms with Gasteiger partial charge in [0, 0.05) is 22.7 Å². The van der Waals surface area contributed by atoms with E-state index in [2.05, 4.69) is 80.3 Å². The van der Waals surface area contributed by atoms with Crippen molar-refractivity contribution in [2.45, 2.75) is 201 Å². The number of fused-ring (bicyclic) bond motifs is 15. The summed E-state index contributed by atoms with van der Waals surface area (Å²) >= 11 is 0. The number of hydrogen-bond acceptors (Lipinski definition) is 7. The van der Waals surface area contributed by atoms with Crippen molar-refractivity contribution >= 4 is 26.0 Å². The zero-order valence-electron chi connectivity index (χ0n) is 46.2. The van der Waals surface area contributed by atoms with Crippen LogP contribution < -0.4 is 0 Å². The molecule has 0 saturated heterocycles. The Hall–Kier alpha value is -2.81. The van der Waals surface area contributed by atoms with Gasteiger partial charge in [0.15, 0.2) is 0 Å². The molecule has 15 heteroatoms. The average molecular weight is 1110 g/mol. The first-order chi connectivity index (χ1) is 35.3. The molecule has 0 radical (unpaired) electrons. The van der Waals surface area contributed by atoms with Crippen LogP contribution >= 0.6 is 0 Å². The minimum atomic E-state index is -5.62. The van der Waals surface area contributed by atoms with Crippen molar-refractivity contribution in [1.82, 2.24) is 0 Å². The zero-order valence-corrected chi connectivity index (χ0v) is 47.8. The Kier molecular flexibility index (Phi) is 14.2. The highest BCUT2D eigenvalue weighted by atomic mass is 32.2. The van der Waals surface area contributed by atoms with Crippen LogP contribution in [0.2, 0.25) is 0 Å². The molecule has 0 amide bonds. The summed E-state index contributed by atoms with van der Waals surface area (Å²) in [5, 5.41) is 0. The van der Waals surface area contributed by atoms with Crippen molar-refractivity contribution in [3.8, 4) is 0 Å². The highest BCUT2D eigenvalue weighted by Gasteiger charge is 2.62. The smallest absolute Gasteiger partial charge is 0.380 e. The fraction of sp³-hybridized carbons (Fsp3) is 0.787. The molecule has 17 atom stereocenters. The molecule has 0 aromatic rings. The zero-order chi connectivity index (χ0) is 55.0. The highest BCUT2D eigenvalue weighted by molar-refractivity contribution is 7.88. The summed E-state index contributed by atoms with van der Waals surface area (Å²) in [6.07, 6.45) is 36.6. The lowest BCUT2D eigenvalue weighted by Gasteiger charge is -2.57. The van der Waals surface area contributed by atoms with Crippen molar-refractivity contribution in [3.05, 3.63) is 70.8 Å². The summed E-state index contributed by atoms with van der Waals surface area (Å²) in [5.74, 6) is 6.45. The van der Waals surface area contributed by atoms with Gasteiger partial charge in [-0.3, -0.25) is 4.79 Å². The summed E-state index contributed by atoms with van der Waals surface area (Å²) in [4.78, 5) is 12.4. The number of allylic oxidation sites excluding steroid dienone is 12. The van der Waals surface area contributed by atoms with E-state index in [4.69, 9.17) is 0 Å². The van der Waals surface area contributed by atoms with E-state index < -0.39 is 42.1 Å². The lowest BCUT2D eigenvalue weighted by Crippen LogP contribution is -2.50. The third-order valence-corrected chi connectivity index (χ3v) is 26.0. The van der Waals surface area contributed by atoms with Gasteiger partial charge in [0.05, 0.1) is 0 Å². The van der Waals surface area contributed by atoms with Gasteiger partial charge in [-0.05, 0) is 227 Å². The van der Waals surface area contributed by atoms with E-state index in [0.717, 1.165) is 75.5 Å². The second-order valence-corrected chi connectivity index (χ2v) is 30.8. The largest absolute Gasteiger partial charge is 0.534 e. The predicted molar refractivity (Wildman–Crippen MR) is 282 cm³/mol. The van der Waals surface area contributed by atoms with Crippen LogP contribution in [0.25, 0.3) is 0 Å². The number of rotatable bonds is 4. The molecule has 0 heterocycles. The molecule has 0 bridgehead atoms. The van der Waals surface area contributed by atoms with Crippen molar-refractivity contribution in [2.24, 2.45) is 97.6 Å². The number of hydrogen-bond donors (Lipinski definition) is 0. The SMILES string of the molecule is CC1CC[C@@]2(C)C(=CCC3C2CC[C@]2(C)C(=O)CCC32)C1.CC1CC[C@@]2(C)C(=CCC3C2CC[C@]2(C)C(OS(=O)(=O)C(F)(F)F)=CCC32)C1.C[C@]12CCC=CC1=CCC1C2CC[C@]2(C)C(OS(=O)(=O)C(F)(F)F)=CCC12. The number of carbonyl (C=O) groups excluding carboxylic acids is 1. The van der Waals surface area contributed by atoms with Crippen LogP contribution in [0.5, 0.6) is 0 Å². The van der Waals surface area contributed by atoms with Crippen LogP contribution in [0, 0.1) is 97.6 Å². The maximum Gasteiger partial charge on any atom is 0.534 e. The van der Waals surface area contributed by atoms with Gasteiger partial charge >= 0.3 is 31.3 Å². The molecule has 0 spiro atoms. The van der Waals surface area contributed by atoms with Crippen LogP contribution in [-0.4, -0.2) is 33.6 Å². The Morgan fingerprint density at radius 2 is 0.868 bits per heavy atom. The molecule has 0 aliphatic heterocycles. The van der Waals surface area contributed by atoms with E-state index in [1.54, 1.807) is 23.3 Å². The van der Waals surface area contributed by atoms with Gasteiger partial charge in [-0.15, -0.1) is 0 Å². The molecular weight excluding hydrogens is 1020 g/mol. The van der Waals surface area contributed by atoms with Crippen LogP contribution in [0.3, 0.4) is 0 Å². The fourth-order valence-corrected chi connectivity index (χ4v) is 20.6. The quantitative estimate of drug-likeness (QED) is 0.120. The van der Waals surface area contributed by atoms with Crippen molar-refractivity contribution in [2.75, 3.05) is 0 Å². The third kappa shape index (κ3) is 9.02. The van der Waals surface area contributed by atoms with Gasteiger partial charge < -0.3 is 8.37 Å². The monoisotopic (exact) mass is 1110 g/mol. The second kappa shape index (κ2) is 19.2. The van der Waals surface area contributed by atoms with Gasteiger partial charge in [-0.1, -0.05) is 96.9 Å². The first-order valence-electron chi connectivity index (χ1n) is 29.0. The molecule has 6 fully saturated rings. The molecule has 12 aliphatic rings. The Balaban J connectivity index is 0.000000131. The summed E-state index contributed by atoms with van der Waals surface area (Å²) in [6.45, 7) is 18.0. The van der Waals surface area contributed by atoms with E-state index in [-0.39, 0.29) is 39.6 Å². The number of halogens is 6. The van der Waals surface area contributed by atoms with Crippen LogP contribution in [0.1, 0.15) is 190 Å². The number of alkyl halides is 6. The minimum absolute atomic E-state index is 0.00507. The Labute approximate surface area is 449 Å². The summed E-state index contributed by atoms with van der Waals surface area (Å²) in [5.41, 5.74) is -6.56. The molecule has 11 unspecified atom stereocenters. The molecule has 0 aromatic heterocycles. The normalized spacial score (nSPS) is 45.2. The second-order valence-electron chi connectivity index (χ2n) is 27.8. The van der Waals surface area contributed by atoms with Gasteiger partial charge in [-0.2, -0.15) is 43.2 Å². The topological polar surface area (TPSA) is 104 Å². The molecule has 12 rings (SSSR count). The van der Waals surface area contributed by atoms with Crippen LogP contribution in [0.15, 0.2) is 70.8 Å². The van der Waals surface area contributed by atoms with Gasteiger partial charge in [0.1, 0.15) is 17.3 Å². The summed E-state index contributed by atoms with van der Waals surface area (Å²) < 4.78 is 132. The molecule has 76 heavy (non-hydrogen) atoms. The maximum absolute atomic E-state index is 12.8. The Morgan fingerprint density at radius 3 is 1.33 bits per heavy atom. The van der Waals surface area contributed by atoms with Crippen molar-refractivity contribution < 1.29 is 56.3 Å². The average Bonchev–Trinajstić information content (AvgIpc) is 4.03. The molecule has 7 nitrogen and oxygen atoms in total.